The largest absolute Gasteiger partial charge is 0.493 e. The first kappa shape index (κ1) is 23.4. The maximum atomic E-state index is 13.2. The van der Waals surface area contributed by atoms with Gasteiger partial charge in [0, 0.05) is 6.54 Å². The number of benzene rings is 3. The molecule has 8 heteroatoms. The second-order valence-electron chi connectivity index (χ2n) is 7.47. The van der Waals surface area contributed by atoms with Gasteiger partial charge in [-0.1, -0.05) is 48.2 Å². The lowest BCUT2D eigenvalue weighted by Crippen LogP contribution is -2.28. The quantitative estimate of drug-likeness (QED) is 0.293. The van der Waals surface area contributed by atoms with Crippen LogP contribution in [0.3, 0.4) is 0 Å². The molecule has 1 aromatic heterocycles. The predicted octanol–water partition coefficient (Wildman–Crippen LogP) is 3.85. The second kappa shape index (κ2) is 10.9. The first-order chi connectivity index (χ1) is 16.6. The van der Waals surface area contributed by atoms with Gasteiger partial charge >= 0.3 is 0 Å². The first-order valence-electron chi connectivity index (χ1n) is 10.8. The van der Waals surface area contributed by atoms with E-state index >= 15 is 0 Å². The highest BCUT2D eigenvalue weighted by Crippen LogP contribution is 2.27. The minimum absolute atomic E-state index is 0.132. The van der Waals surface area contributed by atoms with Crippen LogP contribution in [-0.2, 0) is 11.2 Å². The molecule has 0 unspecified atom stereocenters. The van der Waals surface area contributed by atoms with Crippen molar-refractivity contribution < 1.29 is 14.3 Å². The van der Waals surface area contributed by atoms with Gasteiger partial charge in [-0.15, -0.1) is 0 Å². The smallest absolute Gasteiger partial charge is 0.266 e. The third-order valence-corrected chi connectivity index (χ3v) is 6.21. The molecule has 0 fully saturated rings. The highest BCUT2D eigenvalue weighted by atomic mass is 32.2. The molecule has 0 spiro atoms. The van der Waals surface area contributed by atoms with Crippen molar-refractivity contribution in [1.82, 2.24) is 14.9 Å². The normalized spacial score (nSPS) is 10.8. The fourth-order valence-electron chi connectivity index (χ4n) is 3.58. The van der Waals surface area contributed by atoms with E-state index in [9.17, 15) is 9.59 Å². The van der Waals surface area contributed by atoms with E-state index in [1.807, 2.05) is 60.7 Å². The lowest BCUT2D eigenvalue weighted by Gasteiger charge is -2.13. The van der Waals surface area contributed by atoms with Crippen molar-refractivity contribution in [2.75, 3.05) is 26.5 Å². The van der Waals surface area contributed by atoms with Crippen molar-refractivity contribution >= 4 is 28.6 Å². The van der Waals surface area contributed by atoms with Crippen LogP contribution >= 0.6 is 11.8 Å². The second-order valence-corrected chi connectivity index (χ2v) is 8.41. The Kier molecular flexibility index (Phi) is 7.49. The molecule has 0 saturated carbocycles. The summed E-state index contributed by atoms with van der Waals surface area (Å²) in [5.74, 6) is 1.33. The van der Waals surface area contributed by atoms with Crippen molar-refractivity contribution in [1.29, 1.82) is 0 Å². The molecular formula is C26H25N3O4S. The molecule has 0 atom stereocenters. The summed E-state index contributed by atoms with van der Waals surface area (Å²) in [5.41, 5.74) is 2.19. The van der Waals surface area contributed by atoms with E-state index < -0.39 is 0 Å². The van der Waals surface area contributed by atoms with Crippen LogP contribution in [0.5, 0.6) is 11.5 Å². The van der Waals surface area contributed by atoms with Crippen LogP contribution in [0, 0.1) is 0 Å². The van der Waals surface area contributed by atoms with Crippen molar-refractivity contribution in [2.45, 2.75) is 11.6 Å². The maximum Gasteiger partial charge on any atom is 0.266 e. The number of para-hydroxylation sites is 2. The van der Waals surface area contributed by atoms with Gasteiger partial charge in [-0.25, -0.2) is 4.98 Å². The number of hydrogen-bond donors (Lipinski definition) is 1. The van der Waals surface area contributed by atoms with Crippen LogP contribution in [0.4, 0.5) is 0 Å². The van der Waals surface area contributed by atoms with Gasteiger partial charge in [-0.05, 0) is 48.4 Å². The number of hydrogen-bond acceptors (Lipinski definition) is 6. The molecule has 1 amide bonds. The number of rotatable bonds is 9. The van der Waals surface area contributed by atoms with Crippen LogP contribution in [-0.4, -0.2) is 42.0 Å². The summed E-state index contributed by atoms with van der Waals surface area (Å²) in [6.45, 7) is 0.478. The van der Waals surface area contributed by atoms with E-state index in [0.29, 0.717) is 46.2 Å². The summed E-state index contributed by atoms with van der Waals surface area (Å²) in [6.07, 6.45) is 0.652. The summed E-state index contributed by atoms with van der Waals surface area (Å²) in [7, 11) is 3.19. The molecule has 1 heterocycles. The lowest BCUT2D eigenvalue weighted by molar-refractivity contribution is -0.118. The Labute approximate surface area is 201 Å². The van der Waals surface area contributed by atoms with E-state index in [4.69, 9.17) is 9.47 Å². The van der Waals surface area contributed by atoms with E-state index in [2.05, 4.69) is 10.3 Å². The molecule has 4 aromatic rings. The number of fused-ring (bicyclic) bond motifs is 1. The highest BCUT2D eigenvalue weighted by molar-refractivity contribution is 7.99. The number of methoxy groups -OCH3 is 2. The molecule has 0 bridgehead atoms. The molecule has 7 nitrogen and oxygen atoms in total. The molecule has 3 aromatic carbocycles. The zero-order valence-corrected chi connectivity index (χ0v) is 19.8. The van der Waals surface area contributed by atoms with Gasteiger partial charge in [0.25, 0.3) is 5.56 Å². The van der Waals surface area contributed by atoms with Gasteiger partial charge < -0.3 is 14.8 Å². The number of amides is 1. The van der Waals surface area contributed by atoms with Crippen molar-refractivity contribution in [2.24, 2.45) is 0 Å². The van der Waals surface area contributed by atoms with Gasteiger partial charge in [-0.3, -0.25) is 14.2 Å². The Morgan fingerprint density at radius 3 is 2.47 bits per heavy atom. The number of aromatic nitrogens is 2. The molecule has 0 aliphatic rings. The van der Waals surface area contributed by atoms with Gasteiger partial charge in [0.1, 0.15) is 0 Å². The predicted molar refractivity (Wildman–Crippen MR) is 134 cm³/mol. The third-order valence-electron chi connectivity index (χ3n) is 5.28. The standard InChI is InChI=1S/C26H25N3O4S/c1-32-22-13-12-18(16-23(22)33-2)14-15-27-24(30)17-34-26-28-21-11-7-6-10-20(21)25(31)29(26)19-8-4-3-5-9-19/h3-13,16H,14-15,17H2,1-2H3,(H,27,30). The minimum Gasteiger partial charge on any atom is -0.493 e. The zero-order valence-electron chi connectivity index (χ0n) is 19.0. The number of carbonyl (C=O) groups excluding carboxylic acids is 1. The van der Waals surface area contributed by atoms with Crippen molar-refractivity contribution in [3.8, 4) is 17.2 Å². The van der Waals surface area contributed by atoms with Crippen LogP contribution < -0.4 is 20.3 Å². The number of nitrogens with zero attached hydrogens (tertiary/aromatic N) is 2. The van der Waals surface area contributed by atoms with E-state index in [1.54, 1.807) is 30.9 Å². The topological polar surface area (TPSA) is 82.5 Å². The zero-order chi connectivity index (χ0) is 23.9. The molecule has 4 rings (SSSR count). The van der Waals surface area contributed by atoms with Gasteiger partial charge in [0.2, 0.25) is 5.91 Å². The van der Waals surface area contributed by atoms with E-state index in [0.717, 1.165) is 5.56 Å². The molecule has 0 aliphatic carbocycles. The Morgan fingerprint density at radius 2 is 1.71 bits per heavy atom. The van der Waals surface area contributed by atoms with Crippen molar-refractivity contribution in [3.63, 3.8) is 0 Å². The summed E-state index contributed by atoms with van der Waals surface area (Å²) >= 11 is 1.24. The molecule has 174 valence electrons. The summed E-state index contributed by atoms with van der Waals surface area (Å²) in [5, 5.41) is 3.95. The SMILES string of the molecule is COc1ccc(CCNC(=O)CSc2nc3ccccc3c(=O)n2-c2ccccc2)cc1OC. The lowest BCUT2D eigenvalue weighted by atomic mass is 10.1. The molecule has 1 N–H and O–H groups in total. The monoisotopic (exact) mass is 475 g/mol. The molecule has 34 heavy (non-hydrogen) atoms. The Bertz CT molecular complexity index is 1360. The van der Waals surface area contributed by atoms with Crippen molar-refractivity contribution in [3.05, 3.63) is 88.7 Å². The first-order valence-corrected chi connectivity index (χ1v) is 11.8. The maximum absolute atomic E-state index is 13.2. The Morgan fingerprint density at radius 1 is 0.971 bits per heavy atom. The average Bonchev–Trinajstić information content (AvgIpc) is 2.88. The summed E-state index contributed by atoms with van der Waals surface area (Å²) < 4.78 is 12.1. The minimum atomic E-state index is -0.159. The molecular weight excluding hydrogens is 450 g/mol. The highest BCUT2D eigenvalue weighted by Gasteiger charge is 2.14. The van der Waals surface area contributed by atoms with E-state index in [1.165, 1.54) is 11.8 Å². The molecule has 0 saturated heterocycles. The fourth-order valence-corrected chi connectivity index (χ4v) is 4.42. The summed E-state index contributed by atoms with van der Waals surface area (Å²) in [6, 6.07) is 22.3. The number of thioether (sulfide) groups is 1. The number of carbonyl (C=O) groups is 1. The fraction of sp³-hybridized carbons (Fsp3) is 0.192. The van der Waals surface area contributed by atoms with Gasteiger partial charge in [0.15, 0.2) is 16.7 Å². The Balaban J connectivity index is 1.45. The molecule has 0 aliphatic heterocycles. The average molecular weight is 476 g/mol. The van der Waals surface area contributed by atoms with E-state index in [-0.39, 0.29) is 17.2 Å². The number of ether oxygens (including phenoxy) is 2. The van der Waals surface area contributed by atoms with Crippen LogP contribution in [0.25, 0.3) is 16.6 Å². The van der Waals surface area contributed by atoms with Crippen LogP contribution in [0.1, 0.15) is 5.56 Å². The molecule has 0 radical (unpaired) electrons. The Hall–Kier alpha value is -3.78. The number of nitrogens with one attached hydrogen (secondary N) is 1. The van der Waals surface area contributed by atoms with Crippen LogP contribution in [0.15, 0.2) is 82.7 Å². The van der Waals surface area contributed by atoms with Gasteiger partial charge in [-0.2, -0.15) is 0 Å². The van der Waals surface area contributed by atoms with Crippen LogP contribution in [0.2, 0.25) is 0 Å². The summed E-state index contributed by atoms with van der Waals surface area (Å²) in [4.78, 5) is 30.4. The van der Waals surface area contributed by atoms with Gasteiger partial charge in [0.05, 0.1) is 36.6 Å². The third kappa shape index (κ3) is 5.23.